The van der Waals surface area contributed by atoms with E-state index in [1.54, 1.807) is 45.6 Å². The summed E-state index contributed by atoms with van der Waals surface area (Å²) >= 11 is 0. The van der Waals surface area contributed by atoms with Gasteiger partial charge >= 0.3 is 0 Å². The Bertz CT molecular complexity index is 695. The molecule has 25 heavy (non-hydrogen) atoms. The number of halogens is 1. The topological polar surface area (TPSA) is 82.8 Å². The number of hydrogen-bond donors (Lipinski definition) is 2. The minimum Gasteiger partial charge on any atom is -0.493 e. The van der Waals surface area contributed by atoms with E-state index in [0.29, 0.717) is 28.5 Å². The van der Waals surface area contributed by atoms with Gasteiger partial charge in [-0.3, -0.25) is 4.79 Å². The average molecular weight is 367 g/mol. The molecule has 0 spiro atoms. The smallest absolute Gasteiger partial charge is 0.251 e. The molecule has 0 heterocycles. The summed E-state index contributed by atoms with van der Waals surface area (Å²) in [4.78, 5) is 12.3. The number of carbonyl (C=O) groups is 1. The van der Waals surface area contributed by atoms with E-state index < -0.39 is 0 Å². The van der Waals surface area contributed by atoms with Crippen LogP contribution in [0.2, 0.25) is 0 Å². The van der Waals surface area contributed by atoms with Crippen LogP contribution < -0.4 is 25.3 Å². The minimum atomic E-state index is -0.247. The van der Waals surface area contributed by atoms with Gasteiger partial charge in [0.05, 0.1) is 27.4 Å². The summed E-state index contributed by atoms with van der Waals surface area (Å²) < 4.78 is 16.0. The van der Waals surface area contributed by atoms with Crippen molar-refractivity contribution in [2.24, 2.45) is 0 Å². The van der Waals surface area contributed by atoms with Crippen molar-refractivity contribution in [1.82, 2.24) is 5.32 Å². The predicted octanol–water partition coefficient (Wildman–Crippen LogP) is 3.21. The molecule has 7 heteroatoms. The lowest BCUT2D eigenvalue weighted by molar-refractivity contribution is 0.0940. The summed E-state index contributed by atoms with van der Waals surface area (Å²) in [5.74, 6) is 1.41. The fraction of sp³-hybridized carbons (Fsp3) is 0.278. The molecule has 2 rings (SSSR count). The molecule has 0 aliphatic rings. The van der Waals surface area contributed by atoms with Crippen molar-refractivity contribution in [2.75, 3.05) is 27.1 Å². The number of amides is 1. The zero-order valence-electron chi connectivity index (χ0n) is 14.7. The Balaban J connectivity index is 0.00000312. The Morgan fingerprint density at radius 1 is 1.00 bits per heavy atom. The van der Waals surface area contributed by atoms with E-state index in [4.69, 9.17) is 19.9 Å². The van der Waals surface area contributed by atoms with Gasteiger partial charge in [-0.15, -0.1) is 12.4 Å². The van der Waals surface area contributed by atoms with Crippen molar-refractivity contribution in [3.63, 3.8) is 0 Å². The van der Waals surface area contributed by atoms with E-state index in [0.717, 1.165) is 5.56 Å². The third kappa shape index (κ3) is 4.70. The average Bonchev–Trinajstić information content (AvgIpc) is 2.60. The third-order valence-corrected chi connectivity index (χ3v) is 3.71. The highest BCUT2D eigenvalue weighted by Gasteiger charge is 2.18. The minimum absolute atomic E-state index is 0. The molecule has 136 valence electrons. The maximum absolute atomic E-state index is 12.3. The summed E-state index contributed by atoms with van der Waals surface area (Å²) in [6.45, 7) is 1.88. The Morgan fingerprint density at radius 3 is 1.96 bits per heavy atom. The molecule has 2 aromatic carbocycles. The number of carbonyl (C=O) groups excluding carboxylic acids is 1. The zero-order chi connectivity index (χ0) is 17.7. The fourth-order valence-electron chi connectivity index (χ4n) is 2.35. The molecule has 0 fully saturated rings. The molecule has 1 unspecified atom stereocenters. The number of nitrogens with two attached hydrogens (primary N) is 1. The van der Waals surface area contributed by atoms with Crippen molar-refractivity contribution >= 4 is 24.0 Å². The predicted molar refractivity (Wildman–Crippen MR) is 100 cm³/mol. The number of benzene rings is 2. The van der Waals surface area contributed by atoms with Crippen molar-refractivity contribution in [1.29, 1.82) is 0 Å². The lowest BCUT2D eigenvalue weighted by Gasteiger charge is -2.19. The van der Waals surface area contributed by atoms with Crippen LogP contribution >= 0.6 is 12.4 Å². The maximum Gasteiger partial charge on any atom is 0.251 e. The summed E-state index contributed by atoms with van der Waals surface area (Å²) in [7, 11) is 4.66. The molecule has 0 aliphatic carbocycles. The van der Waals surface area contributed by atoms with Crippen LogP contribution in [0.4, 0.5) is 5.69 Å². The molecule has 0 saturated carbocycles. The summed E-state index contributed by atoms with van der Waals surface area (Å²) in [6.07, 6.45) is 0. The quantitative estimate of drug-likeness (QED) is 0.767. The summed E-state index contributed by atoms with van der Waals surface area (Å²) in [6, 6.07) is 10.1. The number of hydrogen-bond acceptors (Lipinski definition) is 5. The molecule has 0 saturated heterocycles. The monoisotopic (exact) mass is 366 g/mol. The van der Waals surface area contributed by atoms with Gasteiger partial charge in [0.15, 0.2) is 11.5 Å². The van der Waals surface area contributed by atoms with Gasteiger partial charge in [-0.1, -0.05) is 0 Å². The Kier molecular flexibility index (Phi) is 7.39. The van der Waals surface area contributed by atoms with Crippen LogP contribution in [0.1, 0.15) is 28.9 Å². The first-order valence-electron chi connectivity index (χ1n) is 7.46. The Labute approximate surface area is 153 Å². The van der Waals surface area contributed by atoms with Crippen LogP contribution in [0.3, 0.4) is 0 Å². The lowest BCUT2D eigenvalue weighted by atomic mass is 10.1. The van der Waals surface area contributed by atoms with Gasteiger partial charge in [-0.25, -0.2) is 0 Å². The van der Waals surface area contributed by atoms with E-state index in [1.807, 2.05) is 19.1 Å². The number of ether oxygens (including phenoxy) is 3. The fourth-order valence-corrected chi connectivity index (χ4v) is 2.35. The number of nitrogens with one attached hydrogen (secondary N) is 1. The Hall–Kier alpha value is -2.60. The van der Waals surface area contributed by atoms with Gasteiger partial charge in [0.2, 0.25) is 5.75 Å². The van der Waals surface area contributed by atoms with Crippen LogP contribution in [0.15, 0.2) is 36.4 Å². The molecule has 1 atom stereocenters. The number of nitrogen functional groups attached to an aromatic ring is 1. The van der Waals surface area contributed by atoms with Gasteiger partial charge in [0, 0.05) is 11.3 Å². The molecule has 3 N–H and O–H groups in total. The molecule has 0 aliphatic heterocycles. The van der Waals surface area contributed by atoms with Gasteiger partial charge in [-0.2, -0.15) is 0 Å². The standard InChI is InChI=1S/C18H22N2O4.ClH/c1-11(20-18(21)12-5-7-14(19)8-6-12)13-9-15(22-2)17(24-4)16(10-13)23-3;/h5-11H,19H2,1-4H3,(H,20,21);1H. The SMILES string of the molecule is COc1cc(C(C)NC(=O)c2ccc(N)cc2)cc(OC)c1OC.Cl. The van der Waals surface area contributed by atoms with E-state index in [2.05, 4.69) is 5.32 Å². The molecule has 2 aromatic rings. The maximum atomic E-state index is 12.3. The second kappa shape index (κ2) is 9.03. The van der Waals surface area contributed by atoms with Crippen LogP contribution in [0.5, 0.6) is 17.2 Å². The zero-order valence-corrected chi connectivity index (χ0v) is 15.5. The van der Waals surface area contributed by atoms with Crippen molar-refractivity contribution in [3.8, 4) is 17.2 Å². The normalized spacial score (nSPS) is 11.0. The van der Waals surface area contributed by atoms with Gasteiger partial charge in [0.1, 0.15) is 0 Å². The molecule has 1 amide bonds. The van der Waals surface area contributed by atoms with Crippen LogP contribution in [-0.2, 0) is 0 Å². The van der Waals surface area contributed by atoms with Crippen molar-refractivity contribution in [2.45, 2.75) is 13.0 Å². The number of methoxy groups -OCH3 is 3. The molecular formula is C18H23ClN2O4. The number of rotatable bonds is 6. The second-order valence-corrected chi connectivity index (χ2v) is 5.28. The number of anilines is 1. The largest absolute Gasteiger partial charge is 0.493 e. The van der Waals surface area contributed by atoms with Crippen molar-refractivity contribution < 1.29 is 19.0 Å². The van der Waals surface area contributed by atoms with Crippen LogP contribution in [0, 0.1) is 0 Å². The lowest BCUT2D eigenvalue weighted by Crippen LogP contribution is -2.26. The van der Waals surface area contributed by atoms with Gasteiger partial charge < -0.3 is 25.3 Å². The Morgan fingerprint density at radius 2 is 1.52 bits per heavy atom. The molecular weight excluding hydrogens is 344 g/mol. The van der Waals surface area contributed by atoms with Gasteiger partial charge in [0.25, 0.3) is 5.91 Å². The van der Waals surface area contributed by atoms with E-state index in [9.17, 15) is 4.79 Å². The molecule has 6 nitrogen and oxygen atoms in total. The van der Waals surface area contributed by atoms with Crippen LogP contribution in [-0.4, -0.2) is 27.2 Å². The highest BCUT2D eigenvalue weighted by molar-refractivity contribution is 5.94. The van der Waals surface area contributed by atoms with E-state index in [1.165, 1.54) is 0 Å². The highest BCUT2D eigenvalue weighted by atomic mass is 35.5. The molecule has 0 bridgehead atoms. The summed E-state index contributed by atoms with van der Waals surface area (Å²) in [5, 5.41) is 2.94. The molecule has 0 aromatic heterocycles. The first kappa shape index (κ1) is 20.4. The van der Waals surface area contributed by atoms with Gasteiger partial charge in [-0.05, 0) is 48.9 Å². The summed E-state index contributed by atoms with van der Waals surface area (Å²) in [5.41, 5.74) is 7.64. The second-order valence-electron chi connectivity index (χ2n) is 5.28. The highest BCUT2D eigenvalue weighted by Crippen LogP contribution is 2.39. The third-order valence-electron chi connectivity index (χ3n) is 3.71. The van der Waals surface area contributed by atoms with Crippen LogP contribution in [0.25, 0.3) is 0 Å². The van der Waals surface area contributed by atoms with E-state index in [-0.39, 0.29) is 24.4 Å². The molecule has 0 radical (unpaired) electrons. The first-order valence-corrected chi connectivity index (χ1v) is 7.46. The van der Waals surface area contributed by atoms with E-state index >= 15 is 0 Å². The van der Waals surface area contributed by atoms with Crippen molar-refractivity contribution in [3.05, 3.63) is 47.5 Å². The first-order chi connectivity index (χ1) is 11.5.